The van der Waals surface area contributed by atoms with Gasteiger partial charge in [-0.15, -0.1) is 0 Å². The molecule has 0 saturated heterocycles. The number of anilines is 1. The highest BCUT2D eigenvalue weighted by Crippen LogP contribution is 2.27. The Labute approximate surface area is 161 Å². The predicted molar refractivity (Wildman–Crippen MR) is 113 cm³/mol. The van der Waals surface area contributed by atoms with Gasteiger partial charge in [0.25, 0.3) is 0 Å². The molecule has 4 nitrogen and oxygen atoms in total. The van der Waals surface area contributed by atoms with E-state index in [1.54, 1.807) is 14.2 Å². The third-order valence-electron chi connectivity index (χ3n) is 4.21. The first-order chi connectivity index (χ1) is 12.5. The second-order valence-electron chi connectivity index (χ2n) is 6.45. The lowest BCUT2D eigenvalue weighted by atomic mass is 10.0. The Morgan fingerprint density at radius 3 is 2.31 bits per heavy atom. The van der Waals surface area contributed by atoms with Gasteiger partial charge in [-0.2, -0.15) is 0 Å². The number of benzene rings is 2. The first-order valence-electron chi connectivity index (χ1n) is 8.89. The SMILES string of the molecule is COc1ccc(CCCNC(=S)Nc2ccc(C(C)C)cc2)cc1OC. The van der Waals surface area contributed by atoms with Crippen LogP contribution in [0.15, 0.2) is 42.5 Å². The summed E-state index contributed by atoms with van der Waals surface area (Å²) in [6.07, 6.45) is 1.92. The standard InChI is InChI=1S/C21H28N2O2S/c1-15(2)17-8-10-18(11-9-17)23-21(26)22-13-5-6-16-7-12-19(24-3)20(14-16)25-4/h7-12,14-15H,5-6,13H2,1-4H3,(H2,22,23,26). The van der Waals surface area contributed by atoms with Crippen molar-refractivity contribution in [2.24, 2.45) is 0 Å². The quantitative estimate of drug-likeness (QED) is 0.517. The Bertz CT molecular complexity index is 714. The van der Waals surface area contributed by atoms with Crippen LogP contribution < -0.4 is 20.1 Å². The molecule has 0 aliphatic rings. The van der Waals surface area contributed by atoms with E-state index in [2.05, 4.69) is 54.8 Å². The Balaban J connectivity index is 1.74. The molecule has 0 amide bonds. The van der Waals surface area contributed by atoms with E-state index in [9.17, 15) is 0 Å². The molecule has 2 aromatic carbocycles. The topological polar surface area (TPSA) is 42.5 Å². The van der Waals surface area contributed by atoms with Crippen LogP contribution in [0.2, 0.25) is 0 Å². The summed E-state index contributed by atoms with van der Waals surface area (Å²) in [5.41, 5.74) is 3.55. The Morgan fingerprint density at radius 2 is 1.69 bits per heavy atom. The highest BCUT2D eigenvalue weighted by atomic mass is 32.1. The Hall–Kier alpha value is -2.27. The first kappa shape index (κ1) is 20.0. The monoisotopic (exact) mass is 372 g/mol. The van der Waals surface area contributed by atoms with Gasteiger partial charge in [0.15, 0.2) is 16.6 Å². The van der Waals surface area contributed by atoms with Crippen LogP contribution in [0.25, 0.3) is 0 Å². The van der Waals surface area contributed by atoms with Gasteiger partial charge in [0.05, 0.1) is 14.2 Å². The molecule has 0 atom stereocenters. The van der Waals surface area contributed by atoms with E-state index in [0.717, 1.165) is 36.6 Å². The normalized spacial score (nSPS) is 10.5. The van der Waals surface area contributed by atoms with Crippen LogP contribution in [0, 0.1) is 0 Å². The molecule has 0 radical (unpaired) electrons. The molecular weight excluding hydrogens is 344 g/mol. The number of hydrogen-bond acceptors (Lipinski definition) is 3. The van der Waals surface area contributed by atoms with Crippen LogP contribution in [-0.4, -0.2) is 25.9 Å². The van der Waals surface area contributed by atoms with Crippen molar-refractivity contribution in [2.45, 2.75) is 32.6 Å². The zero-order valence-corrected chi connectivity index (χ0v) is 16.8. The molecule has 0 unspecified atom stereocenters. The van der Waals surface area contributed by atoms with Gasteiger partial charge in [-0.3, -0.25) is 0 Å². The number of nitrogens with one attached hydrogen (secondary N) is 2. The van der Waals surface area contributed by atoms with Crippen LogP contribution in [0.1, 0.15) is 37.3 Å². The highest BCUT2D eigenvalue weighted by Gasteiger charge is 2.05. The van der Waals surface area contributed by atoms with E-state index in [1.165, 1.54) is 11.1 Å². The van der Waals surface area contributed by atoms with Gasteiger partial charge in [0.2, 0.25) is 0 Å². The van der Waals surface area contributed by atoms with E-state index in [1.807, 2.05) is 12.1 Å². The summed E-state index contributed by atoms with van der Waals surface area (Å²) in [6.45, 7) is 5.18. The number of aryl methyl sites for hydroxylation is 1. The molecule has 26 heavy (non-hydrogen) atoms. The summed E-state index contributed by atoms with van der Waals surface area (Å²) in [7, 11) is 3.30. The molecule has 0 saturated carbocycles. The number of ether oxygens (including phenoxy) is 2. The van der Waals surface area contributed by atoms with E-state index < -0.39 is 0 Å². The zero-order chi connectivity index (χ0) is 18.9. The van der Waals surface area contributed by atoms with Crippen molar-refractivity contribution in [2.75, 3.05) is 26.1 Å². The van der Waals surface area contributed by atoms with E-state index in [4.69, 9.17) is 21.7 Å². The summed E-state index contributed by atoms with van der Waals surface area (Å²) >= 11 is 5.36. The summed E-state index contributed by atoms with van der Waals surface area (Å²) in [5, 5.41) is 7.13. The van der Waals surface area contributed by atoms with Crippen molar-refractivity contribution in [3.05, 3.63) is 53.6 Å². The fourth-order valence-electron chi connectivity index (χ4n) is 2.66. The minimum atomic E-state index is 0.533. The minimum absolute atomic E-state index is 0.533. The fourth-order valence-corrected chi connectivity index (χ4v) is 2.88. The molecule has 0 aliphatic heterocycles. The molecule has 0 spiro atoms. The van der Waals surface area contributed by atoms with Gasteiger partial charge in [0.1, 0.15) is 0 Å². The average Bonchev–Trinajstić information content (AvgIpc) is 2.65. The van der Waals surface area contributed by atoms with Crippen molar-refractivity contribution >= 4 is 23.0 Å². The molecule has 0 heterocycles. The van der Waals surface area contributed by atoms with Crippen molar-refractivity contribution in [3.63, 3.8) is 0 Å². The van der Waals surface area contributed by atoms with Gasteiger partial charge < -0.3 is 20.1 Å². The molecule has 0 aliphatic carbocycles. The predicted octanol–water partition coefficient (Wildman–Crippen LogP) is 4.75. The fraction of sp³-hybridized carbons (Fsp3) is 0.381. The lowest BCUT2D eigenvalue weighted by Gasteiger charge is -2.12. The molecule has 2 rings (SSSR count). The van der Waals surface area contributed by atoms with Gasteiger partial charge in [-0.25, -0.2) is 0 Å². The van der Waals surface area contributed by atoms with Crippen LogP contribution in [0.5, 0.6) is 11.5 Å². The van der Waals surface area contributed by atoms with Crippen molar-refractivity contribution in [1.29, 1.82) is 0 Å². The van der Waals surface area contributed by atoms with Crippen LogP contribution >= 0.6 is 12.2 Å². The van der Waals surface area contributed by atoms with Gasteiger partial charge in [-0.1, -0.05) is 32.0 Å². The Morgan fingerprint density at radius 1 is 1.00 bits per heavy atom. The highest BCUT2D eigenvalue weighted by molar-refractivity contribution is 7.80. The number of rotatable bonds is 8. The van der Waals surface area contributed by atoms with Crippen LogP contribution in [0.4, 0.5) is 5.69 Å². The lowest BCUT2D eigenvalue weighted by Crippen LogP contribution is -2.29. The van der Waals surface area contributed by atoms with Crippen molar-refractivity contribution in [3.8, 4) is 11.5 Å². The van der Waals surface area contributed by atoms with Crippen molar-refractivity contribution in [1.82, 2.24) is 5.32 Å². The largest absolute Gasteiger partial charge is 0.493 e. The molecule has 0 bridgehead atoms. The molecule has 5 heteroatoms. The smallest absolute Gasteiger partial charge is 0.170 e. The van der Waals surface area contributed by atoms with E-state index >= 15 is 0 Å². The molecule has 2 aromatic rings. The third-order valence-corrected chi connectivity index (χ3v) is 4.46. The van der Waals surface area contributed by atoms with Crippen molar-refractivity contribution < 1.29 is 9.47 Å². The minimum Gasteiger partial charge on any atom is -0.493 e. The molecule has 140 valence electrons. The van der Waals surface area contributed by atoms with Gasteiger partial charge in [-0.05, 0) is 66.4 Å². The van der Waals surface area contributed by atoms with Crippen LogP contribution in [-0.2, 0) is 6.42 Å². The summed E-state index contributed by atoms with van der Waals surface area (Å²) in [5.74, 6) is 2.05. The summed E-state index contributed by atoms with van der Waals surface area (Å²) in [4.78, 5) is 0. The Kier molecular flexibility index (Phi) is 7.73. The van der Waals surface area contributed by atoms with Crippen LogP contribution in [0.3, 0.4) is 0 Å². The third kappa shape index (κ3) is 5.92. The second kappa shape index (κ2) is 10.0. The average molecular weight is 373 g/mol. The van der Waals surface area contributed by atoms with E-state index in [0.29, 0.717) is 11.0 Å². The molecule has 2 N–H and O–H groups in total. The lowest BCUT2D eigenvalue weighted by molar-refractivity contribution is 0.354. The summed E-state index contributed by atoms with van der Waals surface area (Å²) < 4.78 is 10.6. The second-order valence-corrected chi connectivity index (χ2v) is 6.86. The molecular formula is C21H28N2O2S. The van der Waals surface area contributed by atoms with Gasteiger partial charge in [0, 0.05) is 12.2 Å². The molecule has 0 aromatic heterocycles. The maximum Gasteiger partial charge on any atom is 0.170 e. The maximum absolute atomic E-state index is 5.36. The number of methoxy groups -OCH3 is 2. The molecule has 0 fully saturated rings. The van der Waals surface area contributed by atoms with E-state index in [-0.39, 0.29) is 0 Å². The number of hydrogen-bond donors (Lipinski definition) is 2. The van der Waals surface area contributed by atoms with Gasteiger partial charge >= 0.3 is 0 Å². The number of thiocarbonyl (C=S) groups is 1. The summed E-state index contributed by atoms with van der Waals surface area (Å²) in [6, 6.07) is 14.4. The maximum atomic E-state index is 5.36. The zero-order valence-electron chi connectivity index (χ0n) is 16.0. The first-order valence-corrected chi connectivity index (χ1v) is 9.30.